The van der Waals surface area contributed by atoms with E-state index in [9.17, 15) is 14.4 Å². The molecule has 0 aromatic heterocycles. The molecule has 2 amide bonds. The minimum absolute atomic E-state index is 0.185. The zero-order valence-electron chi connectivity index (χ0n) is 11.7. The molecule has 0 aromatic rings. The van der Waals surface area contributed by atoms with E-state index in [1.165, 1.54) is 7.11 Å². The van der Waals surface area contributed by atoms with Crippen LogP contribution < -0.4 is 0 Å². The molecule has 108 valence electrons. The predicted molar refractivity (Wildman–Crippen MR) is 69.3 cm³/mol. The highest BCUT2D eigenvalue weighted by Crippen LogP contribution is 2.15. The van der Waals surface area contributed by atoms with Crippen LogP contribution in [0.4, 0.5) is 4.79 Å². The van der Waals surface area contributed by atoms with E-state index in [0.29, 0.717) is 12.8 Å². The largest absolute Gasteiger partial charge is 0.468 e. The van der Waals surface area contributed by atoms with E-state index in [-0.39, 0.29) is 13.2 Å². The summed E-state index contributed by atoms with van der Waals surface area (Å²) >= 11 is 0. The van der Waals surface area contributed by atoms with Gasteiger partial charge in [-0.25, -0.2) is 9.69 Å². The summed E-state index contributed by atoms with van der Waals surface area (Å²) < 4.78 is 9.18. The van der Waals surface area contributed by atoms with Crippen molar-refractivity contribution in [1.29, 1.82) is 0 Å². The fourth-order valence-corrected chi connectivity index (χ4v) is 1.55. The topological polar surface area (TPSA) is 72.9 Å². The van der Waals surface area contributed by atoms with Crippen molar-refractivity contribution in [3.63, 3.8) is 0 Å². The Morgan fingerprint density at radius 2 is 2.16 bits per heavy atom. The molecule has 1 saturated heterocycles. The molecule has 6 heteroatoms. The van der Waals surface area contributed by atoms with E-state index in [1.807, 2.05) is 13.8 Å². The molecule has 1 atom stereocenters. The van der Waals surface area contributed by atoms with Gasteiger partial charge >= 0.3 is 12.1 Å². The second-order valence-electron chi connectivity index (χ2n) is 3.88. The normalized spacial score (nSPS) is 14.9. The molecule has 0 aliphatic carbocycles. The molecular formula is C13H21NO5. The number of carbonyl (C=O) groups excluding carboxylic acids is 3. The van der Waals surface area contributed by atoms with Crippen LogP contribution in [0.2, 0.25) is 0 Å². The van der Waals surface area contributed by atoms with E-state index in [4.69, 9.17) is 0 Å². The highest BCUT2D eigenvalue weighted by atomic mass is 16.6. The van der Waals surface area contributed by atoms with E-state index in [0.717, 1.165) is 4.90 Å². The number of rotatable bonds is 4. The number of nitrogens with zero attached hydrogens (tertiary/aromatic N) is 1. The smallest absolute Gasteiger partial charge is 0.416 e. The van der Waals surface area contributed by atoms with E-state index >= 15 is 0 Å². The van der Waals surface area contributed by atoms with Crippen LogP contribution in [0.5, 0.6) is 0 Å². The molecule has 6 nitrogen and oxygen atoms in total. The average Bonchev–Trinajstić information content (AvgIpc) is 2.81. The van der Waals surface area contributed by atoms with E-state index in [2.05, 4.69) is 16.1 Å². The molecule has 1 aliphatic heterocycles. The second-order valence-corrected chi connectivity index (χ2v) is 3.88. The number of imide groups is 1. The van der Waals surface area contributed by atoms with Crippen molar-refractivity contribution in [3.8, 4) is 0 Å². The number of ether oxygens (including phenoxy) is 2. The molecule has 1 fully saturated rings. The molecule has 0 aromatic carbocycles. The molecule has 0 N–H and O–H groups in total. The maximum absolute atomic E-state index is 11.9. The van der Waals surface area contributed by atoms with Gasteiger partial charge in [-0.3, -0.25) is 9.59 Å². The second kappa shape index (κ2) is 9.13. The predicted octanol–water partition coefficient (Wildman–Crippen LogP) is 1.75. The molecule has 0 saturated carbocycles. The standard InChI is InChI=1S/C10H15NO5.C3H6/c1-3-4-7(9(13)15-2)8(12)11-5-6-16-10(11)14;1-3-2/h7H,3-6H2,1-2H3;3H,1H2,2H3. The first-order valence-electron chi connectivity index (χ1n) is 6.16. The van der Waals surface area contributed by atoms with Crippen LogP contribution in [0.1, 0.15) is 26.7 Å². The highest BCUT2D eigenvalue weighted by molar-refractivity contribution is 6.04. The van der Waals surface area contributed by atoms with Gasteiger partial charge < -0.3 is 9.47 Å². The van der Waals surface area contributed by atoms with Crippen molar-refractivity contribution < 1.29 is 23.9 Å². The number of esters is 1. The van der Waals surface area contributed by atoms with Crippen molar-refractivity contribution in [3.05, 3.63) is 12.7 Å². The zero-order chi connectivity index (χ0) is 14.8. The molecule has 19 heavy (non-hydrogen) atoms. The quantitative estimate of drug-likeness (QED) is 0.442. The Morgan fingerprint density at radius 1 is 1.58 bits per heavy atom. The summed E-state index contributed by atoms with van der Waals surface area (Å²) in [4.78, 5) is 35.4. The van der Waals surface area contributed by atoms with Gasteiger partial charge in [-0.05, 0) is 13.3 Å². The number of hydrogen-bond acceptors (Lipinski definition) is 5. The maximum Gasteiger partial charge on any atom is 0.416 e. The first kappa shape index (κ1) is 17.2. The molecule has 1 heterocycles. The summed E-state index contributed by atoms with van der Waals surface area (Å²) in [6, 6.07) is 0. The van der Waals surface area contributed by atoms with E-state index < -0.39 is 23.9 Å². The van der Waals surface area contributed by atoms with Gasteiger partial charge in [0.1, 0.15) is 12.5 Å². The van der Waals surface area contributed by atoms with Crippen molar-refractivity contribution in [2.75, 3.05) is 20.3 Å². The molecule has 0 radical (unpaired) electrons. The first-order valence-corrected chi connectivity index (χ1v) is 6.16. The minimum atomic E-state index is -0.902. The molecule has 0 spiro atoms. The number of methoxy groups -OCH3 is 1. The fourth-order valence-electron chi connectivity index (χ4n) is 1.55. The highest BCUT2D eigenvalue weighted by Gasteiger charge is 2.37. The monoisotopic (exact) mass is 271 g/mol. The third-order valence-corrected chi connectivity index (χ3v) is 2.39. The Kier molecular flexibility index (Phi) is 8.24. The molecule has 1 aliphatic rings. The van der Waals surface area contributed by atoms with Crippen LogP contribution in [0, 0.1) is 5.92 Å². The van der Waals surface area contributed by atoms with Crippen molar-refractivity contribution in [2.24, 2.45) is 5.92 Å². The third-order valence-electron chi connectivity index (χ3n) is 2.39. The van der Waals surface area contributed by atoms with Crippen molar-refractivity contribution in [1.82, 2.24) is 4.90 Å². The lowest BCUT2D eigenvalue weighted by Crippen LogP contribution is -2.40. The van der Waals surface area contributed by atoms with Crippen LogP contribution in [0.15, 0.2) is 12.7 Å². The first-order chi connectivity index (χ1) is 9.03. The Hall–Kier alpha value is -1.85. The average molecular weight is 271 g/mol. The lowest BCUT2D eigenvalue weighted by atomic mass is 10.0. The van der Waals surface area contributed by atoms with Crippen molar-refractivity contribution in [2.45, 2.75) is 26.7 Å². The van der Waals surface area contributed by atoms with Gasteiger partial charge in [0.15, 0.2) is 0 Å². The third kappa shape index (κ3) is 5.11. The lowest BCUT2D eigenvalue weighted by molar-refractivity contribution is -0.152. The van der Waals surface area contributed by atoms with E-state index in [1.54, 1.807) is 6.08 Å². The SMILES string of the molecule is C=CC.CCCC(C(=O)OC)C(=O)N1CCOC1=O. The summed E-state index contributed by atoms with van der Waals surface area (Å²) in [6.07, 6.45) is 2.10. The number of cyclic esters (lactones) is 1. The van der Waals surface area contributed by atoms with Crippen LogP contribution in [-0.4, -0.2) is 43.1 Å². The Balaban J connectivity index is 0.000000982. The fraction of sp³-hybridized carbons (Fsp3) is 0.615. The number of amides is 2. The van der Waals surface area contributed by atoms with Gasteiger partial charge in [0.25, 0.3) is 0 Å². The van der Waals surface area contributed by atoms with Crippen LogP contribution in [0.25, 0.3) is 0 Å². The lowest BCUT2D eigenvalue weighted by Gasteiger charge is -2.17. The Morgan fingerprint density at radius 3 is 2.53 bits per heavy atom. The van der Waals surface area contributed by atoms with Gasteiger partial charge in [-0.2, -0.15) is 0 Å². The minimum Gasteiger partial charge on any atom is -0.468 e. The summed E-state index contributed by atoms with van der Waals surface area (Å²) in [6.45, 7) is 7.49. The van der Waals surface area contributed by atoms with Gasteiger partial charge in [0.2, 0.25) is 5.91 Å². The number of carbonyl (C=O) groups is 3. The van der Waals surface area contributed by atoms with Crippen LogP contribution >= 0.6 is 0 Å². The number of allylic oxidation sites excluding steroid dienone is 1. The zero-order valence-corrected chi connectivity index (χ0v) is 11.7. The molecule has 1 rings (SSSR count). The summed E-state index contributed by atoms with van der Waals surface area (Å²) in [7, 11) is 1.22. The summed E-state index contributed by atoms with van der Waals surface area (Å²) in [5, 5.41) is 0. The van der Waals surface area contributed by atoms with Gasteiger partial charge in [-0.15, -0.1) is 6.58 Å². The number of hydrogen-bond donors (Lipinski definition) is 0. The molecule has 1 unspecified atom stereocenters. The van der Waals surface area contributed by atoms with Crippen molar-refractivity contribution >= 4 is 18.0 Å². The molecular weight excluding hydrogens is 250 g/mol. The van der Waals surface area contributed by atoms with Gasteiger partial charge in [0, 0.05) is 0 Å². The van der Waals surface area contributed by atoms with Crippen LogP contribution in [0.3, 0.4) is 0 Å². The van der Waals surface area contributed by atoms with Gasteiger partial charge in [0.05, 0.1) is 13.7 Å². The molecule has 0 bridgehead atoms. The Labute approximate surface area is 113 Å². The maximum atomic E-state index is 11.9. The van der Waals surface area contributed by atoms with Crippen LogP contribution in [-0.2, 0) is 19.1 Å². The Bertz CT molecular complexity index is 340. The summed E-state index contributed by atoms with van der Waals surface area (Å²) in [5.74, 6) is -2.04. The van der Waals surface area contributed by atoms with Gasteiger partial charge in [-0.1, -0.05) is 19.4 Å². The summed E-state index contributed by atoms with van der Waals surface area (Å²) in [5.41, 5.74) is 0.